The summed E-state index contributed by atoms with van der Waals surface area (Å²) < 4.78 is 5.29. The molecule has 72 valence electrons. The Bertz CT molecular complexity index is 398. The molecule has 14 heavy (non-hydrogen) atoms. The van der Waals surface area contributed by atoms with Gasteiger partial charge in [0, 0.05) is 16.7 Å². The number of rotatable bonds is 1. The number of carbonyl (C=O) groups is 1. The highest BCUT2D eigenvalue weighted by Crippen LogP contribution is 2.28. The van der Waals surface area contributed by atoms with Crippen LogP contribution in [0.1, 0.15) is 15.9 Å². The largest absolute Gasteiger partial charge is 0.478 e. The zero-order valence-corrected chi connectivity index (χ0v) is 8.08. The van der Waals surface area contributed by atoms with E-state index in [9.17, 15) is 4.79 Å². The van der Waals surface area contributed by atoms with Crippen molar-refractivity contribution < 1.29 is 14.6 Å². The van der Waals surface area contributed by atoms with E-state index < -0.39 is 5.97 Å². The van der Waals surface area contributed by atoms with E-state index in [1.165, 1.54) is 0 Å². The van der Waals surface area contributed by atoms with Gasteiger partial charge in [-0.05, 0) is 18.2 Å². The van der Waals surface area contributed by atoms with E-state index in [2.05, 4.69) is 0 Å². The summed E-state index contributed by atoms with van der Waals surface area (Å²) in [6.07, 6.45) is 1.61. The molecule has 1 aliphatic rings. The van der Waals surface area contributed by atoms with Crippen LogP contribution in [-0.4, -0.2) is 11.1 Å². The molecule has 3 nitrogen and oxygen atoms in total. The van der Waals surface area contributed by atoms with Crippen molar-refractivity contribution in [3.8, 4) is 5.75 Å². The number of thioether (sulfide) groups is 1. The summed E-state index contributed by atoms with van der Waals surface area (Å²) in [5, 5.41) is 10.6. The van der Waals surface area contributed by atoms with Gasteiger partial charge in [0.2, 0.25) is 0 Å². The molecular formula is C10H8O3S. The number of hydrogen-bond acceptors (Lipinski definition) is 3. The van der Waals surface area contributed by atoms with Gasteiger partial charge in [-0.2, -0.15) is 0 Å². The number of aromatic carboxylic acids is 1. The zero-order chi connectivity index (χ0) is 9.97. The van der Waals surface area contributed by atoms with E-state index in [4.69, 9.17) is 9.84 Å². The molecule has 0 saturated heterocycles. The molecule has 1 aromatic carbocycles. The Kier molecular flexibility index (Phi) is 2.45. The summed E-state index contributed by atoms with van der Waals surface area (Å²) in [6.45, 7) is 0. The van der Waals surface area contributed by atoms with Crippen molar-refractivity contribution in [2.45, 2.75) is 5.75 Å². The van der Waals surface area contributed by atoms with Crippen molar-refractivity contribution in [1.29, 1.82) is 0 Å². The Morgan fingerprint density at radius 2 is 2.36 bits per heavy atom. The van der Waals surface area contributed by atoms with Crippen molar-refractivity contribution in [2.75, 3.05) is 0 Å². The van der Waals surface area contributed by atoms with Crippen LogP contribution in [0, 0.1) is 0 Å². The van der Waals surface area contributed by atoms with E-state index in [1.54, 1.807) is 36.2 Å². The van der Waals surface area contributed by atoms with Crippen molar-refractivity contribution in [3.05, 3.63) is 41.0 Å². The molecule has 1 aromatic rings. The Morgan fingerprint density at radius 1 is 1.50 bits per heavy atom. The van der Waals surface area contributed by atoms with Gasteiger partial charge < -0.3 is 9.84 Å². The third-order valence-corrected chi connectivity index (χ3v) is 2.67. The number of benzene rings is 1. The third-order valence-electron chi connectivity index (χ3n) is 1.89. The zero-order valence-electron chi connectivity index (χ0n) is 7.27. The van der Waals surface area contributed by atoms with Gasteiger partial charge in [-0.15, -0.1) is 11.8 Å². The molecule has 0 amide bonds. The summed E-state index contributed by atoms with van der Waals surface area (Å²) in [6, 6.07) is 4.89. The molecule has 0 bridgehead atoms. The SMILES string of the molecule is O=C(O)c1ccc2c(c1)CSC=CO2. The topological polar surface area (TPSA) is 46.5 Å². The summed E-state index contributed by atoms with van der Waals surface area (Å²) in [5.41, 5.74) is 1.22. The molecule has 0 fully saturated rings. The number of fused-ring (bicyclic) bond motifs is 1. The fraction of sp³-hybridized carbons (Fsp3) is 0.100. The van der Waals surface area contributed by atoms with Crippen molar-refractivity contribution in [1.82, 2.24) is 0 Å². The smallest absolute Gasteiger partial charge is 0.335 e. The van der Waals surface area contributed by atoms with E-state index in [1.807, 2.05) is 5.41 Å². The normalized spacial score (nSPS) is 14.0. The molecule has 1 N–H and O–H groups in total. The summed E-state index contributed by atoms with van der Waals surface area (Å²) in [5.74, 6) is 0.568. The highest BCUT2D eigenvalue weighted by atomic mass is 32.2. The van der Waals surface area contributed by atoms with E-state index >= 15 is 0 Å². The van der Waals surface area contributed by atoms with Gasteiger partial charge in [-0.3, -0.25) is 0 Å². The lowest BCUT2D eigenvalue weighted by Crippen LogP contribution is -1.98. The first-order valence-corrected chi connectivity index (χ1v) is 5.12. The maximum Gasteiger partial charge on any atom is 0.335 e. The Balaban J connectivity index is 2.40. The van der Waals surface area contributed by atoms with Crippen LogP contribution in [0.25, 0.3) is 0 Å². The second-order valence-corrected chi connectivity index (χ2v) is 3.72. The molecule has 0 aliphatic carbocycles. The highest BCUT2D eigenvalue weighted by molar-refractivity contribution is 8.01. The van der Waals surface area contributed by atoms with Crippen LogP contribution >= 0.6 is 11.8 Å². The lowest BCUT2D eigenvalue weighted by atomic mass is 10.1. The van der Waals surface area contributed by atoms with E-state index in [-0.39, 0.29) is 0 Å². The van der Waals surface area contributed by atoms with Crippen LogP contribution in [0.2, 0.25) is 0 Å². The van der Waals surface area contributed by atoms with Crippen LogP contribution in [-0.2, 0) is 5.75 Å². The minimum absolute atomic E-state index is 0.301. The fourth-order valence-corrected chi connectivity index (χ4v) is 1.85. The van der Waals surface area contributed by atoms with Crippen LogP contribution in [0.15, 0.2) is 29.9 Å². The summed E-state index contributed by atoms with van der Waals surface area (Å²) in [4.78, 5) is 10.7. The molecule has 0 saturated carbocycles. The monoisotopic (exact) mass is 208 g/mol. The van der Waals surface area contributed by atoms with Gasteiger partial charge in [0.25, 0.3) is 0 Å². The molecule has 1 aliphatic heterocycles. The van der Waals surface area contributed by atoms with Gasteiger partial charge in [0.1, 0.15) is 5.75 Å². The first-order valence-electron chi connectivity index (χ1n) is 4.07. The van der Waals surface area contributed by atoms with Gasteiger partial charge in [0.15, 0.2) is 0 Å². The lowest BCUT2D eigenvalue weighted by molar-refractivity contribution is 0.0697. The summed E-state index contributed by atoms with van der Waals surface area (Å²) >= 11 is 1.58. The minimum atomic E-state index is -0.907. The van der Waals surface area contributed by atoms with Gasteiger partial charge in [-0.25, -0.2) is 4.79 Å². The molecule has 0 aromatic heterocycles. The van der Waals surface area contributed by atoms with Gasteiger partial charge in [0.05, 0.1) is 11.8 Å². The molecule has 0 spiro atoms. The lowest BCUT2D eigenvalue weighted by Gasteiger charge is -2.05. The van der Waals surface area contributed by atoms with Crippen LogP contribution < -0.4 is 4.74 Å². The summed E-state index contributed by atoms with van der Waals surface area (Å²) in [7, 11) is 0. The number of ether oxygens (including phenoxy) is 1. The maximum atomic E-state index is 10.7. The second kappa shape index (κ2) is 3.75. The van der Waals surface area contributed by atoms with Crippen LogP contribution in [0.4, 0.5) is 0 Å². The van der Waals surface area contributed by atoms with E-state index in [0.717, 1.165) is 17.1 Å². The molecule has 1 heterocycles. The predicted octanol–water partition coefficient (Wildman–Crippen LogP) is 2.48. The van der Waals surface area contributed by atoms with Crippen molar-refractivity contribution >= 4 is 17.7 Å². The number of carboxylic acid groups (broad SMARTS) is 1. The molecule has 0 unspecified atom stereocenters. The average Bonchev–Trinajstić information content (AvgIpc) is 2.41. The Hall–Kier alpha value is -1.42. The van der Waals surface area contributed by atoms with Crippen LogP contribution in [0.5, 0.6) is 5.75 Å². The molecule has 4 heteroatoms. The quantitative estimate of drug-likeness (QED) is 0.770. The maximum absolute atomic E-state index is 10.7. The Morgan fingerprint density at radius 3 is 3.14 bits per heavy atom. The van der Waals surface area contributed by atoms with Crippen molar-refractivity contribution in [3.63, 3.8) is 0 Å². The molecule has 0 radical (unpaired) electrons. The Labute approximate surface area is 85.4 Å². The van der Waals surface area contributed by atoms with Crippen LogP contribution in [0.3, 0.4) is 0 Å². The predicted molar refractivity (Wildman–Crippen MR) is 54.5 cm³/mol. The van der Waals surface area contributed by atoms with Crippen molar-refractivity contribution in [2.24, 2.45) is 0 Å². The standard InChI is InChI=1S/C10H8O3S/c11-10(12)7-1-2-9-8(5-7)6-14-4-3-13-9/h1-5H,6H2,(H,11,12). The second-order valence-electron chi connectivity index (χ2n) is 2.83. The first kappa shape index (κ1) is 9.15. The van der Waals surface area contributed by atoms with Gasteiger partial charge >= 0.3 is 5.97 Å². The molecule has 0 atom stereocenters. The highest BCUT2D eigenvalue weighted by Gasteiger charge is 2.10. The minimum Gasteiger partial charge on any atom is -0.478 e. The first-order chi connectivity index (χ1) is 6.77. The molecular weight excluding hydrogens is 200 g/mol. The number of hydrogen-bond donors (Lipinski definition) is 1. The third kappa shape index (κ3) is 1.75. The fourth-order valence-electron chi connectivity index (χ4n) is 1.22. The van der Waals surface area contributed by atoms with Gasteiger partial charge in [-0.1, -0.05) is 0 Å². The number of carboxylic acids is 1. The average molecular weight is 208 g/mol. The molecule has 2 rings (SSSR count). The van der Waals surface area contributed by atoms with E-state index in [0.29, 0.717) is 5.56 Å².